The number of hydrogen-bond acceptors (Lipinski definition) is 6. The molecule has 2 N–H and O–H groups in total. The maximum atomic E-state index is 11.5. The van der Waals surface area contributed by atoms with E-state index < -0.39 is 0 Å². The summed E-state index contributed by atoms with van der Waals surface area (Å²) in [5.74, 6) is 0.979. The Kier molecular flexibility index (Phi) is 4.75. The van der Waals surface area contributed by atoms with E-state index in [0.29, 0.717) is 28.1 Å². The first kappa shape index (κ1) is 18.3. The molecule has 3 aromatic carbocycles. The number of Topliss-reactive ketones (excluding diaryl/α,β-unsaturated/α-hetero) is 1. The van der Waals surface area contributed by atoms with Crippen LogP contribution in [0.25, 0.3) is 34.2 Å². The van der Waals surface area contributed by atoms with Crippen LogP contribution in [0, 0.1) is 0 Å². The second-order valence-electron chi connectivity index (χ2n) is 6.47. The van der Waals surface area contributed by atoms with Crippen LogP contribution in [0.5, 0.6) is 11.5 Å². The number of phenolic OH excluding ortho intramolecular Hbond substituents is 2. The molecule has 29 heavy (non-hydrogen) atoms. The van der Waals surface area contributed by atoms with E-state index in [1.165, 1.54) is 6.92 Å². The van der Waals surface area contributed by atoms with Gasteiger partial charge in [-0.1, -0.05) is 48.5 Å². The van der Waals surface area contributed by atoms with Gasteiger partial charge in [0.1, 0.15) is 11.5 Å². The molecule has 0 amide bonds. The molecule has 4 aromatic rings. The number of para-hydroxylation sites is 2. The van der Waals surface area contributed by atoms with Crippen LogP contribution in [0.3, 0.4) is 0 Å². The summed E-state index contributed by atoms with van der Waals surface area (Å²) < 4.78 is 0. The number of benzene rings is 3. The van der Waals surface area contributed by atoms with Gasteiger partial charge in [0.05, 0.1) is 11.1 Å². The van der Waals surface area contributed by atoms with Gasteiger partial charge in [0.15, 0.2) is 23.3 Å². The molecule has 6 nitrogen and oxygen atoms in total. The van der Waals surface area contributed by atoms with E-state index in [1.54, 1.807) is 72.8 Å². The molecule has 0 aliphatic rings. The topological polar surface area (TPSA) is 96.2 Å². The molecular formula is C23H17N3O3. The van der Waals surface area contributed by atoms with E-state index in [4.69, 9.17) is 0 Å². The second-order valence-corrected chi connectivity index (χ2v) is 6.47. The highest BCUT2D eigenvalue weighted by Crippen LogP contribution is 2.32. The van der Waals surface area contributed by atoms with Gasteiger partial charge in [-0.3, -0.25) is 4.79 Å². The zero-order valence-electron chi connectivity index (χ0n) is 15.6. The highest BCUT2D eigenvalue weighted by molar-refractivity contribution is 5.94. The van der Waals surface area contributed by atoms with Gasteiger partial charge in [0.2, 0.25) is 0 Å². The molecule has 1 aromatic heterocycles. The van der Waals surface area contributed by atoms with Gasteiger partial charge in [0.25, 0.3) is 0 Å². The first-order valence-electron chi connectivity index (χ1n) is 8.97. The molecule has 0 saturated heterocycles. The third-order valence-corrected chi connectivity index (χ3v) is 4.47. The van der Waals surface area contributed by atoms with E-state index in [1.807, 2.05) is 0 Å². The quantitative estimate of drug-likeness (QED) is 0.504. The van der Waals surface area contributed by atoms with E-state index in [2.05, 4.69) is 15.0 Å². The van der Waals surface area contributed by atoms with Crippen LogP contribution >= 0.6 is 0 Å². The maximum Gasteiger partial charge on any atom is 0.167 e. The molecule has 0 bridgehead atoms. The summed E-state index contributed by atoms with van der Waals surface area (Å²) in [5, 5.41) is 20.5. The Hall–Kier alpha value is -4.06. The molecule has 0 atom stereocenters. The summed E-state index contributed by atoms with van der Waals surface area (Å²) >= 11 is 0. The van der Waals surface area contributed by atoms with Gasteiger partial charge in [0, 0.05) is 11.1 Å². The zero-order chi connectivity index (χ0) is 20.4. The molecule has 0 unspecified atom stereocenters. The van der Waals surface area contributed by atoms with E-state index >= 15 is 0 Å². The smallest absolute Gasteiger partial charge is 0.167 e. The largest absolute Gasteiger partial charge is 0.507 e. The molecule has 4 rings (SSSR count). The van der Waals surface area contributed by atoms with Crippen LogP contribution in [0.2, 0.25) is 0 Å². The lowest BCUT2D eigenvalue weighted by Gasteiger charge is -2.10. The van der Waals surface area contributed by atoms with Crippen LogP contribution in [0.4, 0.5) is 0 Å². The standard InChI is InChI=1S/C23H17N3O3/c1-14(27)15-10-12-16(13-11-15)21-24-22(17-6-2-4-8-19(17)28)26-23(25-21)18-7-3-5-9-20(18)29/h2-13,28-29H,1H3. The third kappa shape index (κ3) is 3.68. The summed E-state index contributed by atoms with van der Waals surface area (Å²) in [5.41, 5.74) is 2.18. The predicted molar refractivity (Wildman–Crippen MR) is 109 cm³/mol. The number of carbonyl (C=O) groups excluding carboxylic acids is 1. The first-order chi connectivity index (χ1) is 14.0. The van der Waals surface area contributed by atoms with Crippen LogP contribution in [-0.4, -0.2) is 30.9 Å². The monoisotopic (exact) mass is 383 g/mol. The number of aromatic nitrogens is 3. The Balaban J connectivity index is 1.92. The number of phenols is 2. The molecule has 0 radical (unpaired) electrons. The minimum atomic E-state index is -0.0306. The lowest BCUT2D eigenvalue weighted by Crippen LogP contribution is -2.01. The summed E-state index contributed by atoms with van der Waals surface area (Å²) in [7, 11) is 0. The van der Waals surface area contributed by atoms with Crippen molar-refractivity contribution < 1.29 is 15.0 Å². The Morgan fingerprint density at radius 3 is 1.55 bits per heavy atom. The molecule has 0 fully saturated rings. The Morgan fingerprint density at radius 1 is 0.655 bits per heavy atom. The number of aromatic hydroxyl groups is 2. The molecule has 0 aliphatic heterocycles. The molecule has 142 valence electrons. The predicted octanol–water partition coefficient (Wildman–Crippen LogP) is 4.49. The molecule has 1 heterocycles. The normalized spacial score (nSPS) is 10.7. The van der Waals surface area contributed by atoms with E-state index in [-0.39, 0.29) is 28.9 Å². The van der Waals surface area contributed by atoms with Crippen molar-refractivity contribution in [1.82, 2.24) is 15.0 Å². The fourth-order valence-electron chi connectivity index (χ4n) is 2.93. The first-order valence-corrected chi connectivity index (χ1v) is 8.97. The molecule has 0 saturated carbocycles. The minimum absolute atomic E-state index is 0.0306. The van der Waals surface area contributed by atoms with Gasteiger partial charge >= 0.3 is 0 Å². The van der Waals surface area contributed by atoms with Crippen LogP contribution in [-0.2, 0) is 0 Å². The molecular weight excluding hydrogens is 366 g/mol. The summed E-state index contributed by atoms with van der Waals surface area (Å²) in [6.45, 7) is 1.50. The number of nitrogens with zero attached hydrogens (tertiary/aromatic N) is 3. The van der Waals surface area contributed by atoms with E-state index in [9.17, 15) is 15.0 Å². The summed E-state index contributed by atoms with van der Waals surface area (Å²) in [6, 6.07) is 20.5. The van der Waals surface area contributed by atoms with Crippen molar-refractivity contribution in [2.24, 2.45) is 0 Å². The number of ketones is 1. The van der Waals surface area contributed by atoms with Gasteiger partial charge in [-0.2, -0.15) is 0 Å². The van der Waals surface area contributed by atoms with Crippen molar-refractivity contribution in [3.8, 4) is 45.7 Å². The SMILES string of the molecule is CC(=O)c1ccc(-c2nc(-c3ccccc3O)nc(-c3ccccc3O)n2)cc1. The fraction of sp³-hybridized carbons (Fsp3) is 0.0435. The van der Waals surface area contributed by atoms with Crippen molar-refractivity contribution in [1.29, 1.82) is 0 Å². The van der Waals surface area contributed by atoms with Crippen molar-refractivity contribution in [3.05, 3.63) is 78.4 Å². The van der Waals surface area contributed by atoms with Gasteiger partial charge < -0.3 is 10.2 Å². The third-order valence-electron chi connectivity index (χ3n) is 4.47. The van der Waals surface area contributed by atoms with E-state index in [0.717, 1.165) is 0 Å². The second kappa shape index (κ2) is 7.52. The van der Waals surface area contributed by atoms with Crippen LogP contribution in [0.15, 0.2) is 72.8 Å². The fourth-order valence-corrected chi connectivity index (χ4v) is 2.93. The Bertz CT molecular complexity index is 1140. The Morgan fingerprint density at radius 2 is 1.10 bits per heavy atom. The number of hydrogen-bond donors (Lipinski definition) is 2. The summed E-state index contributed by atoms with van der Waals surface area (Å²) in [4.78, 5) is 25.1. The average molecular weight is 383 g/mol. The van der Waals surface area contributed by atoms with Crippen molar-refractivity contribution in [3.63, 3.8) is 0 Å². The summed E-state index contributed by atoms with van der Waals surface area (Å²) in [6.07, 6.45) is 0. The van der Waals surface area contributed by atoms with Gasteiger partial charge in [-0.05, 0) is 31.2 Å². The van der Waals surface area contributed by atoms with Gasteiger partial charge in [-0.15, -0.1) is 0 Å². The minimum Gasteiger partial charge on any atom is -0.507 e. The average Bonchev–Trinajstić information content (AvgIpc) is 2.74. The van der Waals surface area contributed by atoms with Crippen molar-refractivity contribution in [2.45, 2.75) is 6.92 Å². The number of rotatable bonds is 4. The van der Waals surface area contributed by atoms with Gasteiger partial charge in [-0.25, -0.2) is 15.0 Å². The lowest BCUT2D eigenvalue weighted by molar-refractivity contribution is 0.101. The van der Waals surface area contributed by atoms with Crippen molar-refractivity contribution >= 4 is 5.78 Å². The number of carbonyl (C=O) groups is 1. The lowest BCUT2D eigenvalue weighted by atomic mass is 10.1. The van der Waals surface area contributed by atoms with Crippen LogP contribution < -0.4 is 0 Å². The molecule has 6 heteroatoms. The Labute approximate surface area is 167 Å². The van der Waals surface area contributed by atoms with Crippen molar-refractivity contribution in [2.75, 3.05) is 0 Å². The maximum absolute atomic E-state index is 11.5. The molecule has 0 spiro atoms. The zero-order valence-corrected chi connectivity index (χ0v) is 15.6. The molecule has 0 aliphatic carbocycles. The highest BCUT2D eigenvalue weighted by atomic mass is 16.3. The highest BCUT2D eigenvalue weighted by Gasteiger charge is 2.16. The van der Waals surface area contributed by atoms with Crippen LogP contribution in [0.1, 0.15) is 17.3 Å².